The molecule has 1 aromatic carbocycles. The Balaban J connectivity index is 1.42. The molecule has 0 aliphatic carbocycles. The highest BCUT2D eigenvalue weighted by Gasteiger charge is 2.47. The summed E-state index contributed by atoms with van der Waals surface area (Å²) in [7, 11) is 1.55. The number of ether oxygens (including phenoxy) is 4. The van der Waals surface area contributed by atoms with Crippen LogP contribution < -0.4 is 10.1 Å². The second-order valence-electron chi connectivity index (χ2n) is 8.01. The molecule has 34 heavy (non-hydrogen) atoms. The number of amides is 1. The minimum Gasteiger partial charge on any atom is -0.497 e. The molecule has 2 aliphatic heterocycles. The number of rotatable bonds is 7. The average Bonchev–Trinajstić information content (AvgIpc) is 3.60. The quantitative estimate of drug-likeness (QED) is 0.453. The summed E-state index contributed by atoms with van der Waals surface area (Å²) in [6, 6.07) is 6.66. The van der Waals surface area contributed by atoms with Crippen molar-refractivity contribution in [2.45, 2.75) is 43.7 Å². The number of aliphatic hydroxyl groups excluding tert-OH is 2. The van der Waals surface area contributed by atoms with E-state index in [9.17, 15) is 15.0 Å². The summed E-state index contributed by atoms with van der Waals surface area (Å²) in [4.78, 5) is 25.6. The number of hydrogen-bond donors (Lipinski definition) is 3. The van der Waals surface area contributed by atoms with Crippen LogP contribution in [0.4, 0.5) is 5.82 Å². The third-order valence-corrected chi connectivity index (χ3v) is 5.91. The predicted octanol–water partition coefficient (Wildman–Crippen LogP) is 0.859. The van der Waals surface area contributed by atoms with Gasteiger partial charge in [-0.25, -0.2) is 15.0 Å². The smallest absolute Gasteiger partial charge is 0.256 e. The summed E-state index contributed by atoms with van der Waals surface area (Å²) in [5, 5.41) is 23.1. The molecule has 12 heteroatoms. The van der Waals surface area contributed by atoms with Gasteiger partial charge in [0.1, 0.15) is 30.4 Å². The summed E-state index contributed by atoms with van der Waals surface area (Å²) in [6.45, 7) is 0.203. The Bertz CT molecular complexity index is 1150. The van der Waals surface area contributed by atoms with E-state index in [1.807, 2.05) is 0 Å². The monoisotopic (exact) mass is 471 g/mol. The molecule has 1 amide bonds. The standard InChI is InChI=1S/C22H25N5O7/c1-31-13-6-4-12(5-7-13)21(30)26-19-16-20(24-10-23-19)27(11-25-16)22-18(17(29)14(9-28)33-22)34-15-3-2-8-32-15/h4-7,10-11,14-15,17-18,22,28-29H,2-3,8-9H2,1H3,(H,23,24,26,30)/t14-,15?,17-,18-,22-/m1/s1. The Kier molecular flexibility index (Phi) is 6.39. The zero-order valence-corrected chi connectivity index (χ0v) is 18.4. The minimum absolute atomic E-state index is 0.221. The largest absolute Gasteiger partial charge is 0.497 e. The van der Waals surface area contributed by atoms with Crippen molar-refractivity contribution < 1.29 is 34.0 Å². The molecule has 180 valence electrons. The van der Waals surface area contributed by atoms with E-state index in [4.69, 9.17) is 18.9 Å². The van der Waals surface area contributed by atoms with E-state index in [2.05, 4.69) is 20.3 Å². The maximum Gasteiger partial charge on any atom is 0.256 e. The number of nitrogens with zero attached hydrogens (tertiary/aromatic N) is 4. The molecule has 5 rings (SSSR count). The molecule has 0 saturated carbocycles. The van der Waals surface area contributed by atoms with Crippen LogP contribution in [0.5, 0.6) is 5.75 Å². The van der Waals surface area contributed by atoms with Crippen LogP contribution in [0, 0.1) is 0 Å². The third kappa shape index (κ3) is 4.21. The van der Waals surface area contributed by atoms with Gasteiger partial charge in [-0.05, 0) is 30.7 Å². The number of carbonyl (C=O) groups is 1. The molecule has 0 radical (unpaired) electrons. The van der Waals surface area contributed by atoms with Gasteiger partial charge in [-0.15, -0.1) is 0 Å². The summed E-state index contributed by atoms with van der Waals surface area (Å²) in [5.41, 5.74) is 1.13. The van der Waals surface area contributed by atoms with Gasteiger partial charge in [0.05, 0.1) is 20.0 Å². The van der Waals surface area contributed by atoms with Gasteiger partial charge in [0.15, 0.2) is 29.5 Å². The summed E-state index contributed by atoms with van der Waals surface area (Å²) < 4.78 is 24.2. The molecule has 2 saturated heterocycles. The molecule has 2 fully saturated rings. The van der Waals surface area contributed by atoms with E-state index in [0.29, 0.717) is 35.5 Å². The lowest BCUT2D eigenvalue weighted by Gasteiger charge is -2.24. The molecule has 3 aromatic rings. The lowest BCUT2D eigenvalue weighted by molar-refractivity contribution is -0.181. The fourth-order valence-corrected chi connectivity index (χ4v) is 4.12. The lowest BCUT2D eigenvalue weighted by Crippen LogP contribution is -2.38. The fourth-order valence-electron chi connectivity index (χ4n) is 4.12. The number of benzene rings is 1. The van der Waals surface area contributed by atoms with Gasteiger partial charge < -0.3 is 34.5 Å². The Morgan fingerprint density at radius 1 is 1.26 bits per heavy atom. The van der Waals surface area contributed by atoms with Crippen LogP contribution in [0.15, 0.2) is 36.9 Å². The minimum atomic E-state index is -1.08. The van der Waals surface area contributed by atoms with E-state index >= 15 is 0 Å². The van der Waals surface area contributed by atoms with Crippen LogP contribution >= 0.6 is 0 Å². The first kappa shape index (κ1) is 22.6. The van der Waals surface area contributed by atoms with E-state index in [1.54, 1.807) is 35.9 Å². The molecule has 2 aromatic heterocycles. The number of carbonyl (C=O) groups excluding carboxylic acids is 1. The number of hydrogen-bond acceptors (Lipinski definition) is 10. The van der Waals surface area contributed by atoms with E-state index < -0.39 is 30.8 Å². The molecular formula is C22H25N5O7. The van der Waals surface area contributed by atoms with Crippen molar-refractivity contribution in [1.29, 1.82) is 0 Å². The number of aliphatic hydroxyl groups is 2. The van der Waals surface area contributed by atoms with Crippen LogP contribution in [0.3, 0.4) is 0 Å². The lowest BCUT2D eigenvalue weighted by atomic mass is 10.1. The number of imidazole rings is 1. The Hall–Kier alpha value is -3.16. The van der Waals surface area contributed by atoms with Gasteiger partial charge in [0.25, 0.3) is 5.91 Å². The average molecular weight is 471 g/mol. The number of fused-ring (bicyclic) bond motifs is 1. The first-order chi connectivity index (χ1) is 16.6. The molecule has 5 atom stereocenters. The second-order valence-corrected chi connectivity index (χ2v) is 8.01. The highest BCUT2D eigenvalue weighted by atomic mass is 16.7. The van der Waals surface area contributed by atoms with E-state index in [1.165, 1.54) is 12.7 Å². The molecule has 4 heterocycles. The van der Waals surface area contributed by atoms with Gasteiger partial charge in [-0.3, -0.25) is 9.36 Å². The van der Waals surface area contributed by atoms with Gasteiger partial charge in [0.2, 0.25) is 0 Å². The molecule has 1 unspecified atom stereocenters. The molecule has 0 spiro atoms. The predicted molar refractivity (Wildman–Crippen MR) is 117 cm³/mol. The Morgan fingerprint density at radius 3 is 2.79 bits per heavy atom. The first-order valence-corrected chi connectivity index (χ1v) is 10.9. The second kappa shape index (κ2) is 9.60. The maximum absolute atomic E-state index is 12.7. The van der Waals surface area contributed by atoms with Crippen molar-refractivity contribution in [2.75, 3.05) is 25.6 Å². The highest BCUT2D eigenvalue weighted by Crippen LogP contribution is 2.36. The van der Waals surface area contributed by atoms with Gasteiger partial charge in [-0.1, -0.05) is 0 Å². The number of nitrogens with one attached hydrogen (secondary N) is 1. The zero-order valence-electron chi connectivity index (χ0n) is 18.4. The van der Waals surface area contributed by atoms with Crippen molar-refractivity contribution >= 4 is 22.9 Å². The number of methoxy groups -OCH3 is 1. The van der Waals surface area contributed by atoms with Crippen LogP contribution in [0.1, 0.15) is 29.4 Å². The molecular weight excluding hydrogens is 446 g/mol. The van der Waals surface area contributed by atoms with Crippen molar-refractivity contribution in [3.05, 3.63) is 42.5 Å². The summed E-state index contributed by atoms with van der Waals surface area (Å²) in [6.07, 6.45) is 0.325. The normalized spacial score (nSPS) is 26.7. The Morgan fingerprint density at radius 2 is 2.09 bits per heavy atom. The molecule has 12 nitrogen and oxygen atoms in total. The molecule has 3 N–H and O–H groups in total. The number of anilines is 1. The summed E-state index contributed by atoms with van der Waals surface area (Å²) >= 11 is 0. The van der Waals surface area contributed by atoms with E-state index in [-0.39, 0.29) is 18.3 Å². The van der Waals surface area contributed by atoms with E-state index in [0.717, 1.165) is 6.42 Å². The molecule has 0 bridgehead atoms. The maximum atomic E-state index is 12.7. The van der Waals surface area contributed by atoms with Crippen LogP contribution in [0.2, 0.25) is 0 Å². The third-order valence-electron chi connectivity index (χ3n) is 5.91. The SMILES string of the molecule is COc1ccc(C(=O)Nc2ncnc3c2ncn3[C@@H]2O[C@H](CO)[C@@H](O)[C@H]2OC2CCCO2)cc1. The van der Waals surface area contributed by atoms with Crippen molar-refractivity contribution in [3.63, 3.8) is 0 Å². The Labute approximate surface area is 194 Å². The van der Waals surface area contributed by atoms with Gasteiger partial charge in [0, 0.05) is 18.6 Å². The van der Waals surface area contributed by atoms with Crippen LogP contribution in [-0.2, 0) is 14.2 Å². The van der Waals surface area contributed by atoms with Crippen molar-refractivity contribution in [1.82, 2.24) is 19.5 Å². The van der Waals surface area contributed by atoms with Crippen molar-refractivity contribution in [2.24, 2.45) is 0 Å². The topological polar surface area (TPSA) is 150 Å². The van der Waals surface area contributed by atoms with Crippen molar-refractivity contribution in [3.8, 4) is 5.75 Å². The zero-order chi connectivity index (χ0) is 23.7. The van der Waals surface area contributed by atoms with Gasteiger partial charge >= 0.3 is 0 Å². The first-order valence-electron chi connectivity index (χ1n) is 10.9. The number of aromatic nitrogens is 4. The molecule has 2 aliphatic rings. The highest BCUT2D eigenvalue weighted by molar-refractivity contribution is 6.06. The van der Waals surface area contributed by atoms with Crippen LogP contribution in [0.25, 0.3) is 11.2 Å². The summed E-state index contributed by atoms with van der Waals surface area (Å²) in [5.74, 6) is 0.488. The fraction of sp³-hybridized carbons (Fsp3) is 0.455. The van der Waals surface area contributed by atoms with Gasteiger partial charge in [-0.2, -0.15) is 0 Å². The van der Waals surface area contributed by atoms with Crippen LogP contribution in [-0.4, -0.2) is 80.6 Å².